The standard InChI is InChI=1S/C22H23N3O3/c1-15-7-9-17(10-8-15)12-20(26)14-25-22(27)18(11-16(2)24-25)13-19-5-4-6-21(23-19)28-3/h4-11H,12-14H2,1-3H3. The van der Waals surface area contributed by atoms with Crippen LogP contribution in [0.5, 0.6) is 5.88 Å². The third-order valence-electron chi connectivity index (χ3n) is 4.38. The molecule has 0 aliphatic rings. The van der Waals surface area contributed by atoms with Gasteiger partial charge in [-0.2, -0.15) is 5.10 Å². The van der Waals surface area contributed by atoms with Crippen molar-refractivity contribution in [1.29, 1.82) is 0 Å². The lowest BCUT2D eigenvalue weighted by molar-refractivity contribution is -0.119. The van der Waals surface area contributed by atoms with Gasteiger partial charge in [-0.05, 0) is 31.5 Å². The number of carbonyl (C=O) groups excluding carboxylic acids is 1. The Hall–Kier alpha value is -3.28. The van der Waals surface area contributed by atoms with Crippen LogP contribution in [0.2, 0.25) is 0 Å². The molecule has 0 spiro atoms. The average Bonchev–Trinajstić information content (AvgIpc) is 2.67. The van der Waals surface area contributed by atoms with Crippen molar-refractivity contribution in [2.75, 3.05) is 7.11 Å². The number of aromatic nitrogens is 3. The normalized spacial score (nSPS) is 10.7. The molecule has 28 heavy (non-hydrogen) atoms. The van der Waals surface area contributed by atoms with E-state index >= 15 is 0 Å². The second kappa shape index (κ2) is 8.61. The average molecular weight is 377 g/mol. The third-order valence-corrected chi connectivity index (χ3v) is 4.38. The van der Waals surface area contributed by atoms with Crippen LogP contribution < -0.4 is 10.3 Å². The maximum absolute atomic E-state index is 12.8. The van der Waals surface area contributed by atoms with Crippen LogP contribution in [0, 0.1) is 13.8 Å². The summed E-state index contributed by atoms with van der Waals surface area (Å²) in [5, 5.41) is 4.24. The van der Waals surface area contributed by atoms with Crippen molar-refractivity contribution in [3.8, 4) is 5.88 Å². The highest BCUT2D eigenvalue weighted by Gasteiger charge is 2.12. The molecular weight excluding hydrogens is 354 g/mol. The molecule has 3 rings (SSSR count). The number of Topliss-reactive ketones (excluding diaryl/α,β-unsaturated/α-hetero) is 1. The Morgan fingerprint density at radius 2 is 1.86 bits per heavy atom. The van der Waals surface area contributed by atoms with Gasteiger partial charge < -0.3 is 4.74 Å². The summed E-state index contributed by atoms with van der Waals surface area (Å²) >= 11 is 0. The first-order valence-corrected chi connectivity index (χ1v) is 9.09. The van der Waals surface area contributed by atoms with Crippen molar-refractivity contribution in [3.05, 3.63) is 87.0 Å². The molecule has 0 saturated heterocycles. The topological polar surface area (TPSA) is 74.1 Å². The van der Waals surface area contributed by atoms with E-state index in [1.54, 1.807) is 19.2 Å². The number of methoxy groups -OCH3 is 1. The van der Waals surface area contributed by atoms with Crippen LogP contribution in [0.4, 0.5) is 0 Å². The van der Waals surface area contributed by atoms with Crippen molar-refractivity contribution in [3.63, 3.8) is 0 Å². The number of ketones is 1. The highest BCUT2D eigenvalue weighted by atomic mass is 16.5. The van der Waals surface area contributed by atoms with Gasteiger partial charge in [0.2, 0.25) is 5.88 Å². The predicted molar refractivity (Wildman–Crippen MR) is 107 cm³/mol. The molecule has 0 aliphatic heterocycles. The van der Waals surface area contributed by atoms with Gasteiger partial charge in [-0.1, -0.05) is 35.9 Å². The largest absolute Gasteiger partial charge is 0.481 e. The zero-order chi connectivity index (χ0) is 20.1. The SMILES string of the molecule is COc1cccc(Cc2cc(C)nn(CC(=O)Cc3ccc(C)cc3)c2=O)n1. The molecule has 0 bridgehead atoms. The first-order valence-electron chi connectivity index (χ1n) is 9.09. The number of hydrogen-bond acceptors (Lipinski definition) is 5. The Balaban J connectivity index is 1.79. The van der Waals surface area contributed by atoms with E-state index in [1.807, 2.05) is 50.2 Å². The van der Waals surface area contributed by atoms with Crippen molar-refractivity contribution in [2.45, 2.75) is 33.2 Å². The number of hydrogen-bond donors (Lipinski definition) is 0. The quantitative estimate of drug-likeness (QED) is 0.633. The van der Waals surface area contributed by atoms with Gasteiger partial charge >= 0.3 is 0 Å². The minimum Gasteiger partial charge on any atom is -0.481 e. The van der Waals surface area contributed by atoms with Crippen LogP contribution >= 0.6 is 0 Å². The zero-order valence-electron chi connectivity index (χ0n) is 16.3. The van der Waals surface area contributed by atoms with Gasteiger partial charge in [-0.15, -0.1) is 0 Å². The number of aryl methyl sites for hydroxylation is 2. The molecule has 144 valence electrons. The summed E-state index contributed by atoms with van der Waals surface area (Å²) < 4.78 is 6.39. The molecule has 0 unspecified atom stereocenters. The maximum Gasteiger partial charge on any atom is 0.270 e. The lowest BCUT2D eigenvalue weighted by atomic mass is 10.1. The summed E-state index contributed by atoms with van der Waals surface area (Å²) in [5.74, 6) is 0.436. The number of carbonyl (C=O) groups is 1. The van der Waals surface area contributed by atoms with Gasteiger partial charge in [-0.3, -0.25) is 9.59 Å². The summed E-state index contributed by atoms with van der Waals surface area (Å²) in [6, 6.07) is 15.0. The molecule has 6 heteroatoms. The Morgan fingerprint density at radius 1 is 1.11 bits per heavy atom. The highest BCUT2D eigenvalue weighted by Crippen LogP contribution is 2.10. The van der Waals surface area contributed by atoms with E-state index in [9.17, 15) is 9.59 Å². The van der Waals surface area contributed by atoms with Crippen LogP contribution in [0.25, 0.3) is 0 Å². The fourth-order valence-electron chi connectivity index (χ4n) is 3.00. The molecule has 3 aromatic rings. The van der Waals surface area contributed by atoms with Crippen molar-refractivity contribution in [1.82, 2.24) is 14.8 Å². The second-order valence-corrected chi connectivity index (χ2v) is 6.82. The van der Waals surface area contributed by atoms with Gasteiger partial charge in [0.15, 0.2) is 5.78 Å². The molecule has 0 fully saturated rings. The highest BCUT2D eigenvalue weighted by molar-refractivity contribution is 5.80. The molecule has 0 amide bonds. The molecule has 0 atom stereocenters. The zero-order valence-corrected chi connectivity index (χ0v) is 16.3. The van der Waals surface area contributed by atoms with Crippen LogP contribution in [-0.4, -0.2) is 27.7 Å². The Kier molecular flexibility index (Phi) is 5.99. The Morgan fingerprint density at radius 3 is 2.57 bits per heavy atom. The van der Waals surface area contributed by atoms with E-state index in [2.05, 4.69) is 10.1 Å². The molecular formula is C22H23N3O3. The minimum atomic E-state index is -0.271. The van der Waals surface area contributed by atoms with Crippen LogP contribution in [0.1, 0.15) is 28.1 Å². The van der Waals surface area contributed by atoms with E-state index in [4.69, 9.17) is 4.74 Å². The molecule has 1 aromatic carbocycles. The lowest BCUT2D eigenvalue weighted by Crippen LogP contribution is -2.30. The first-order chi connectivity index (χ1) is 13.4. The molecule has 6 nitrogen and oxygen atoms in total. The summed E-state index contributed by atoms with van der Waals surface area (Å²) in [4.78, 5) is 29.6. The van der Waals surface area contributed by atoms with Crippen molar-refractivity contribution >= 4 is 5.78 Å². The van der Waals surface area contributed by atoms with Gasteiger partial charge in [0, 0.05) is 30.2 Å². The van der Waals surface area contributed by atoms with Gasteiger partial charge in [0.25, 0.3) is 5.56 Å². The van der Waals surface area contributed by atoms with E-state index < -0.39 is 0 Å². The van der Waals surface area contributed by atoms with Crippen molar-refractivity contribution in [2.24, 2.45) is 0 Å². The monoisotopic (exact) mass is 377 g/mol. The van der Waals surface area contributed by atoms with Crippen molar-refractivity contribution < 1.29 is 9.53 Å². The lowest BCUT2D eigenvalue weighted by Gasteiger charge is -2.09. The summed E-state index contributed by atoms with van der Waals surface area (Å²) in [6.07, 6.45) is 0.626. The summed E-state index contributed by atoms with van der Waals surface area (Å²) in [7, 11) is 1.55. The first kappa shape index (κ1) is 19.5. The second-order valence-electron chi connectivity index (χ2n) is 6.82. The summed E-state index contributed by atoms with van der Waals surface area (Å²) in [5.41, 5.74) is 3.75. The maximum atomic E-state index is 12.8. The number of pyridine rings is 1. The molecule has 2 aromatic heterocycles. The van der Waals surface area contributed by atoms with Gasteiger partial charge in [-0.25, -0.2) is 9.67 Å². The summed E-state index contributed by atoms with van der Waals surface area (Å²) in [6.45, 7) is 3.76. The van der Waals surface area contributed by atoms with E-state index in [-0.39, 0.29) is 24.3 Å². The van der Waals surface area contributed by atoms with E-state index in [0.29, 0.717) is 23.6 Å². The predicted octanol–water partition coefficient (Wildman–Crippen LogP) is 2.67. The molecule has 2 heterocycles. The Labute approximate surface area is 163 Å². The third kappa shape index (κ3) is 4.91. The molecule has 0 aliphatic carbocycles. The Bertz CT molecular complexity index is 1040. The van der Waals surface area contributed by atoms with Crippen LogP contribution in [-0.2, 0) is 24.2 Å². The van der Waals surface area contributed by atoms with E-state index in [1.165, 1.54) is 4.68 Å². The van der Waals surface area contributed by atoms with Crippen LogP contribution in [0.3, 0.4) is 0 Å². The van der Waals surface area contributed by atoms with Crippen LogP contribution in [0.15, 0.2) is 53.3 Å². The smallest absolute Gasteiger partial charge is 0.270 e. The minimum absolute atomic E-state index is 0.0487. The number of ether oxygens (including phenoxy) is 1. The number of benzene rings is 1. The fraction of sp³-hybridized carbons (Fsp3) is 0.273. The van der Waals surface area contributed by atoms with Gasteiger partial charge in [0.05, 0.1) is 12.8 Å². The molecule has 0 N–H and O–H groups in total. The molecule has 0 saturated carbocycles. The number of rotatable bonds is 7. The van der Waals surface area contributed by atoms with E-state index in [0.717, 1.165) is 16.8 Å². The fourth-order valence-corrected chi connectivity index (χ4v) is 3.00. The van der Waals surface area contributed by atoms with Gasteiger partial charge in [0.1, 0.15) is 6.54 Å². The number of nitrogens with zero attached hydrogens (tertiary/aromatic N) is 3. The molecule has 0 radical (unpaired) electrons.